The fourth-order valence-corrected chi connectivity index (χ4v) is 0.987. The molecule has 0 saturated carbocycles. The minimum atomic E-state index is -1.30. The zero-order chi connectivity index (χ0) is 10.8. The SMILES string of the molecule is Cc1ccccc1OC(C)(C)C(=O)[O-]. The zero-order valence-corrected chi connectivity index (χ0v) is 8.53. The standard InChI is InChI=1S/C11H14O3/c1-8-6-4-5-7-9(8)14-11(2,3)10(12)13/h4-7H,1-3H3,(H,12,13)/p-1. The first kappa shape index (κ1) is 10.6. The first-order chi connectivity index (χ1) is 6.43. The predicted octanol–water partition coefficient (Wildman–Crippen LogP) is 0.902. The molecule has 0 atom stereocenters. The summed E-state index contributed by atoms with van der Waals surface area (Å²) in [6, 6.07) is 7.27. The molecule has 3 nitrogen and oxygen atoms in total. The van der Waals surface area contributed by atoms with E-state index >= 15 is 0 Å². The van der Waals surface area contributed by atoms with Gasteiger partial charge in [0.25, 0.3) is 0 Å². The summed E-state index contributed by atoms with van der Waals surface area (Å²) < 4.78 is 5.33. The van der Waals surface area contributed by atoms with Gasteiger partial charge in [-0.15, -0.1) is 0 Å². The Kier molecular flexibility index (Phi) is 2.79. The van der Waals surface area contributed by atoms with Gasteiger partial charge in [-0.25, -0.2) is 0 Å². The Bertz CT molecular complexity index is 342. The van der Waals surface area contributed by atoms with E-state index in [-0.39, 0.29) is 0 Å². The van der Waals surface area contributed by atoms with Gasteiger partial charge < -0.3 is 14.6 Å². The molecule has 1 aromatic carbocycles. The largest absolute Gasteiger partial charge is 0.546 e. The van der Waals surface area contributed by atoms with E-state index in [0.717, 1.165) is 5.56 Å². The summed E-state index contributed by atoms with van der Waals surface area (Å²) in [5, 5.41) is 10.7. The van der Waals surface area contributed by atoms with Gasteiger partial charge in [-0.3, -0.25) is 0 Å². The number of aliphatic carboxylic acids is 1. The molecule has 1 rings (SSSR count). The number of hydrogen-bond donors (Lipinski definition) is 0. The monoisotopic (exact) mass is 193 g/mol. The van der Waals surface area contributed by atoms with Gasteiger partial charge in [-0.05, 0) is 32.4 Å². The van der Waals surface area contributed by atoms with E-state index in [0.29, 0.717) is 5.75 Å². The van der Waals surface area contributed by atoms with Crippen LogP contribution in [-0.2, 0) is 4.79 Å². The Morgan fingerprint density at radius 3 is 2.43 bits per heavy atom. The highest BCUT2D eigenvalue weighted by molar-refractivity contribution is 5.74. The van der Waals surface area contributed by atoms with Gasteiger partial charge in [0, 0.05) is 0 Å². The molecule has 3 heteroatoms. The van der Waals surface area contributed by atoms with Crippen LogP contribution >= 0.6 is 0 Å². The molecule has 0 spiro atoms. The number of aryl methyl sites for hydroxylation is 1. The van der Waals surface area contributed by atoms with E-state index in [1.807, 2.05) is 19.1 Å². The fourth-order valence-electron chi connectivity index (χ4n) is 0.987. The van der Waals surface area contributed by atoms with Gasteiger partial charge in [0.1, 0.15) is 11.4 Å². The van der Waals surface area contributed by atoms with E-state index in [2.05, 4.69) is 0 Å². The lowest BCUT2D eigenvalue weighted by Crippen LogP contribution is -2.48. The summed E-state index contributed by atoms with van der Waals surface area (Å²) in [5.41, 5.74) is -0.395. The number of carboxylic acid groups (broad SMARTS) is 1. The number of carboxylic acids is 1. The number of para-hydroxylation sites is 1. The molecule has 0 heterocycles. The Labute approximate surface area is 83.3 Å². The third-order valence-corrected chi connectivity index (χ3v) is 1.95. The molecule has 0 aliphatic rings. The van der Waals surface area contributed by atoms with Gasteiger partial charge in [0.15, 0.2) is 0 Å². The lowest BCUT2D eigenvalue weighted by molar-refractivity contribution is -0.320. The van der Waals surface area contributed by atoms with Gasteiger partial charge >= 0.3 is 0 Å². The van der Waals surface area contributed by atoms with E-state index in [4.69, 9.17) is 4.74 Å². The number of hydrogen-bond acceptors (Lipinski definition) is 3. The van der Waals surface area contributed by atoms with Crippen LogP contribution in [0.5, 0.6) is 5.75 Å². The maximum absolute atomic E-state index is 10.7. The second kappa shape index (κ2) is 3.70. The molecule has 0 radical (unpaired) electrons. The maximum Gasteiger partial charge on any atom is 0.143 e. The van der Waals surface area contributed by atoms with Crippen molar-refractivity contribution in [2.45, 2.75) is 26.4 Å². The number of carbonyl (C=O) groups excluding carboxylic acids is 1. The lowest BCUT2D eigenvalue weighted by Gasteiger charge is -2.28. The molecule has 76 valence electrons. The van der Waals surface area contributed by atoms with Crippen molar-refractivity contribution in [1.29, 1.82) is 0 Å². The second-order valence-corrected chi connectivity index (χ2v) is 3.67. The minimum Gasteiger partial charge on any atom is -0.546 e. The highest BCUT2D eigenvalue weighted by Gasteiger charge is 2.21. The summed E-state index contributed by atoms with van der Waals surface area (Å²) in [7, 11) is 0. The molecule has 1 aromatic rings. The summed E-state index contributed by atoms with van der Waals surface area (Å²) in [4.78, 5) is 10.7. The van der Waals surface area contributed by atoms with Crippen molar-refractivity contribution < 1.29 is 14.6 Å². The van der Waals surface area contributed by atoms with Crippen LogP contribution in [0.3, 0.4) is 0 Å². The zero-order valence-electron chi connectivity index (χ0n) is 8.53. The average molecular weight is 193 g/mol. The van der Waals surface area contributed by atoms with Gasteiger partial charge in [0.05, 0.1) is 5.97 Å². The van der Waals surface area contributed by atoms with Crippen molar-refractivity contribution in [1.82, 2.24) is 0 Å². The maximum atomic E-state index is 10.7. The minimum absolute atomic E-state index is 0.571. The summed E-state index contributed by atoms with van der Waals surface area (Å²) in [6.45, 7) is 4.80. The summed E-state index contributed by atoms with van der Waals surface area (Å²) in [6.07, 6.45) is 0. The normalized spacial score (nSPS) is 11.1. The Hall–Kier alpha value is -1.51. The van der Waals surface area contributed by atoms with Gasteiger partial charge in [-0.2, -0.15) is 0 Å². The van der Waals surface area contributed by atoms with E-state index < -0.39 is 11.6 Å². The quantitative estimate of drug-likeness (QED) is 0.716. The Balaban J connectivity index is 2.89. The molecule has 0 aliphatic heterocycles. The predicted molar refractivity (Wildman–Crippen MR) is 50.9 cm³/mol. The number of benzene rings is 1. The molecule has 0 unspecified atom stereocenters. The molecular weight excluding hydrogens is 180 g/mol. The average Bonchev–Trinajstić information content (AvgIpc) is 2.08. The number of carbonyl (C=O) groups is 1. The first-order valence-corrected chi connectivity index (χ1v) is 4.39. The summed E-state index contributed by atoms with van der Waals surface area (Å²) >= 11 is 0. The molecule has 0 fully saturated rings. The lowest BCUT2D eigenvalue weighted by atomic mass is 10.1. The van der Waals surface area contributed by atoms with Crippen LogP contribution in [0.1, 0.15) is 19.4 Å². The molecule has 14 heavy (non-hydrogen) atoms. The highest BCUT2D eigenvalue weighted by atomic mass is 16.5. The van der Waals surface area contributed by atoms with Crippen LogP contribution in [-0.4, -0.2) is 11.6 Å². The van der Waals surface area contributed by atoms with Crippen LogP contribution < -0.4 is 9.84 Å². The number of rotatable bonds is 3. The van der Waals surface area contributed by atoms with Crippen molar-refractivity contribution in [2.24, 2.45) is 0 Å². The van der Waals surface area contributed by atoms with Crippen molar-refractivity contribution in [2.75, 3.05) is 0 Å². The first-order valence-electron chi connectivity index (χ1n) is 4.39. The number of ether oxygens (including phenoxy) is 1. The van der Waals surface area contributed by atoms with Crippen LogP contribution in [0.15, 0.2) is 24.3 Å². The van der Waals surface area contributed by atoms with Gasteiger partial charge in [-0.1, -0.05) is 18.2 Å². The smallest absolute Gasteiger partial charge is 0.143 e. The van der Waals surface area contributed by atoms with E-state index in [1.54, 1.807) is 12.1 Å². The van der Waals surface area contributed by atoms with Crippen LogP contribution in [0.25, 0.3) is 0 Å². The Morgan fingerprint density at radius 2 is 1.93 bits per heavy atom. The molecule has 0 saturated heterocycles. The third kappa shape index (κ3) is 2.25. The molecule has 0 N–H and O–H groups in total. The van der Waals surface area contributed by atoms with Crippen molar-refractivity contribution in [3.63, 3.8) is 0 Å². The highest BCUT2D eigenvalue weighted by Crippen LogP contribution is 2.21. The van der Waals surface area contributed by atoms with Crippen molar-refractivity contribution in [3.8, 4) is 5.75 Å². The van der Waals surface area contributed by atoms with E-state index in [1.165, 1.54) is 13.8 Å². The molecule has 0 bridgehead atoms. The van der Waals surface area contributed by atoms with Crippen molar-refractivity contribution in [3.05, 3.63) is 29.8 Å². The second-order valence-electron chi connectivity index (χ2n) is 3.67. The van der Waals surface area contributed by atoms with Crippen LogP contribution in [0, 0.1) is 6.92 Å². The van der Waals surface area contributed by atoms with Gasteiger partial charge in [0.2, 0.25) is 0 Å². The summed E-state index contributed by atoms with van der Waals surface area (Å²) in [5.74, 6) is -0.651. The molecule has 0 aliphatic carbocycles. The van der Waals surface area contributed by atoms with Crippen LogP contribution in [0.4, 0.5) is 0 Å². The molecular formula is C11H13O3-. The van der Waals surface area contributed by atoms with Crippen LogP contribution in [0.2, 0.25) is 0 Å². The molecule has 0 amide bonds. The topological polar surface area (TPSA) is 49.4 Å². The third-order valence-electron chi connectivity index (χ3n) is 1.95. The fraction of sp³-hybridized carbons (Fsp3) is 0.364. The van der Waals surface area contributed by atoms with E-state index in [9.17, 15) is 9.90 Å². The Morgan fingerprint density at radius 1 is 1.36 bits per heavy atom. The van der Waals surface area contributed by atoms with Crippen molar-refractivity contribution >= 4 is 5.97 Å². The molecule has 0 aromatic heterocycles.